The van der Waals surface area contributed by atoms with Gasteiger partial charge in [-0.05, 0) is 45.6 Å². The van der Waals surface area contributed by atoms with Gasteiger partial charge in [-0.3, -0.25) is 0 Å². The minimum absolute atomic E-state index is 0.248. The van der Waals surface area contributed by atoms with Crippen LogP contribution in [-0.2, 0) is 5.75 Å². The second-order valence-electron chi connectivity index (χ2n) is 3.16. The number of halogens is 2. The summed E-state index contributed by atoms with van der Waals surface area (Å²) in [6, 6.07) is 6.46. The summed E-state index contributed by atoms with van der Waals surface area (Å²) in [5.74, 6) is 0.549. The van der Waals surface area contributed by atoms with Crippen molar-refractivity contribution in [2.75, 3.05) is 5.73 Å². The van der Waals surface area contributed by atoms with Crippen LogP contribution < -0.4 is 5.73 Å². The van der Waals surface area contributed by atoms with Crippen molar-refractivity contribution in [2.24, 2.45) is 0 Å². The summed E-state index contributed by atoms with van der Waals surface area (Å²) in [6.07, 6.45) is 0. The second kappa shape index (κ2) is 5.21. The van der Waals surface area contributed by atoms with E-state index >= 15 is 0 Å². The quantitative estimate of drug-likeness (QED) is 0.665. The third-order valence-corrected chi connectivity index (χ3v) is 5.23. The maximum Gasteiger partial charge on any atom is 0.124 e. The Labute approximate surface area is 110 Å². The van der Waals surface area contributed by atoms with Crippen molar-refractivity contribution >= 4 is 44.7 Å². The van der Waals surface area contributed by atoms with Crippen LogP contribution in [0.4, 0.5) is 10.1 Å². The van der Waals surface area contributed by atoms with Gasteiger partial charge in [0, 0.05) is 25.7 Å². The zero-order chi connectivity index (χ0) is 11.5. The molecule has 2 rings (SSSR count). The molecule has 0 radical (unpaired) electrons. The lowest BCUT2D eigenvalue weighted by molar-refractivity contribution is 0.624. The highest BCUT2D eigenvalue weighted by Crippen LogP contribution is 2.33. The van der Waals surface area contributed by atoms with Gasteiger partial charge in [-0.2, -0.15) is 0 Å². The predicted molar refractivity (Wildman–Crippen MR) is 72.4 cm³/mol. The second-order valence-corrected chi connectivity index (χ2v) is 6.03. The molecule has 84 valence electrons. The van der Waals surface area contributed by atoms with Crippen LogP contribution in [0.15, 0.2) is 39.0 Å². The highest BCUT2D eigenvalue weighted by Gasteiger charge is 2.05. The van der Waals surface area contributed by atoms with Gasteiger partial charge in [0.1, 0.15) is 5.82 Å². The summed E-state index contributed by atoms with van der Waals surface area (Å²) < 4.78 is 14.1. The molecule has 0 atom stereocenters. The van der Waals surface area contributed by atoms with E-state index in [1.54, 1.807) is 29.2 Å². The summed E-state index contributed by atoms with van der Waals surface area (Å²) in [5, 5.41) is 2.02. The Kier molecular flexibility index (Phi) is 3.89. The SMILES string of the molecule is Nc1ccc(F)cc1SCc1sccc1Br. The molecule has 5 heteroatoms. The molecule has 0 saturated heterocycles. The van der Waals surface area contributed by atoms with Gasteiger partial charge in [-0.25, -0.2) is 4.39 Å². The summed E-state index contributed by atoms with van der Waals surface area (Å²) in [4.78, 5) is 2.02. The number of nitrogen functional groups attached to an aromatic ring is 1. The van der Waals surface area contributed by atoms with Crippen LogP contribution in [-0.4, -0.2) is 0 Å². The fourth-order valence-electron chi connectivity index (χ4n) is 1.20. The largest absolute Gasteiger partial charge is 0.398 e. The van der Waals surface area contributed by atoms with Crippen LogP contribution in [0, 0.1) is 5.82 Å². The summed E-state index contributed by atoms with van der Waals surface area (Å²) in [5.41, 5.74) is 6.40. The molecule has 0 aliphatic rings. The molecular formula is C11H9BrFNS2. The van der Waals surface area contributed by atoms with Crippen LogP contribution in [0.2, 0.25) is 0 Å². The van der Waals surface area contributed by atoms with Crippen molar-refractivity contribution in [3.63, 3.8) is 0 Å². The van der Waals surface area contributed by atoms with E-state index in [4.69, 9.17) is 5.73 Å². The molecule has 1 aromatic heterocycles. The van der Waals surface area contributed by atoms with Gasteiger partial charge >= 0.3 is 0 Å². The first-order valence-electron chi connectivity index (χ1n) is 4.56. The van der Waals surface area contributed by atoms with Gasteiger partial charge in [0.2, 0.25) is 0 Å². The van der Waals surface area contributed by atoms with Crippen molar-refractivity contribution in [1.82, 2.24) is 0 Å². The average Bonchev–Trinajstić information content (AvgIpc) is 2.66. The maximum absolute atomic E-state index is 13.0. The number of nitrogens with two attached hydrogens (primary N) is 1. The van der Waals surface area contributed by atoms with Crippen molar-refractivity contribution in [1.29, 1.82) is 0 Å². The summed E-state index contributed by atoms with van der Waals surface area (Å²) >= 11 is 6.69. The number of thioether (sulfide) groups is 1. The summed E-state index contributed by atoms with van der Waals surface area (Å²) in [6.45, 7) is 0. The number of hydrogen-bond acceptors (Lipinski definition) is 3. The molecule has 1 heterocycles. The maximum atomic E-state index is 13.0. The fraction of sp³-hybridized carbons (Fsp3) is 0.0909. The molecule has 2 aromatic rings. The Morgan fingerprint density at radius 2 is 2.19 bits per heavy atom. The normalized spacial score (nSPS) is 10.6. The highest BCUT2D eigenvalue weighted by atomic mass is 79.9. The molecule has 0 amide bonds. The van der Waals surface area contributed by atoms with E-state index in [1.165, 1.54) is 17.0 Å². The fourth-order valence-corrected chi connectivity index (χ4v) is 3.99. The van der Waals surface area contributed by atoms with Crippen LogP contribution in [0.1, 0.15) is 4.88 Å². The molecule has 2 N–H and O–H groups in total. The van der Waals surface area contributed by atoms with Crippen molar-refractivity contribution in [2.45, 2.75) is 10.6 Å². The van der Waals surface area contributed by atoms with Gasteiger partial charge in [-0.15, -0.1) is 23.1 Å². The first-order valence-corrected chi connectivity index (χ1v) is 7.22. The number of hydrogen-bond donors (Lipinski definition) is 1. The number of anilines is 1. The molecule has 0 aliphatic heterocycles. The average molecular weight is 318 g/mol. The molecule has 16 heavy (non-hydrogen) atoms. The lowest BCUT2D eigenvalue weighted by Gasteiger charge is -2.04. The topological polar surface area (TPSA) is 26.0 Å². The molecule has 0 unspecified atom stereocenters. The predicted octanol–water partition coefficient (Wildman–Crippen LogP) is 4.52. The highest BCUT2D eigenvalue weighted by molar-refractivity contribution is 9.10. The van der Waals surface area contributed by atoms with E-state index in [1.807, 2.05) is 11.4 Å². The third-order valence-electron chi connectivity index (χ3n) is 2.03. The Bertz CT molecular complexity index is 498. The molecular weight excluding hydrogens is 309 g/mol. The van der Waals surface area contributed by atoms with E-state index in [0.717, 1.165) is 15.1 Å². The third kappa shape index (κ3) is 2.78. The number of thiophene rings is 1. The Hall–Kier alpha value is -0.520. The minimum atomic E-state index is -0.248. The Morgan fingerprint density at radius 1 is 1.38 bits per heavy atom. The van der Waals surface area contributed by atoms with Gasteiger partial charge in [0.25, 0.3) is 0 Å². The Balaban J connectivity index is 2.10. The smallest absolute Gasteiger partial charge is 0.124 e. The van der Waals surface area contributed by atoms with Gasteiger partial charge in [-0.1, -0.05) is 0 Å². The van der Waals surface area contributed by atoms with Crippen molar-refractivity contribution in [3.8, 4) is 0 Å². The standard InChI is InChI=1S/C11H9BrFNS2/c12-8-3-4-15-11(8)6-16-10-5-7(13)1-2-9(10)14/h1-5H,6,14H2. The molecule has 0 aliphatic carbocycles. The van der Waals surface area contributed by atoms with Crippen molar-refractivity contribution in [3.05, 3.63) is 44.8 Å². The minimum Gasteiger partial charge on any atom is -0.398 e. The van der Waals surface area contributed by atoms with Gasteiger partial charge in [0.05, 0.1) is 0 Å². The van der Waals surface area contributed by atoms with E-state index in [-0.39, 0.29) is 5.82 Å². The van der Waals surface area contributed by atoms with E-state index in [0.29, 0.717) is 5.69 Å². The zero-order valence-electron chi connectivity index (χ0n) is 8.24. The lowest BCUT2D eigenvalue weighted by atomic mass is 10.3. The molecule has 0 saturated carbocycles. The van der Waals surface area contributed by atoms with Gasteiger partial charge in [0.15, 0.2) is 0 Å². The van der Waals surface area contributed by atoms with Gasteiger partial charge < -0.3 is 5.73 Å². The van der Waals surface area contributed by atoms with Crippen LogP contribution in [0.5, 0.6) is 0 Å². The summed E-state index contributed by atoms with van der Waals surface area (Å²) in [7, 11) is 0. The molecule has 0 bridgehead atoms. The lowest BCUT2D eigenvalue weighted by Crippen LogP contribution is -1.89. The van der Waals surface area contributed by atoms with Crippen LogP contribution in [0.25, 0.3) is 0 Å². The number of rotatable bonds is 3. The Morgan fingerprint density at radius 3 is 2.88 bits per heavy atom. The van der Waals surface area contributed by atoms with E-state index in [2.05, 4.69) is 15.9 Å². The number of benzene rings is 1. The molecule has 0 fully saturated rings. The van der Waals surface area contributed by atoms with Crippen molar-refractivity contribution < 1.29 is 4.39 Å². The molecule has 1 aromatic carbocycles. The molecule has 0 spiro atoms. The first-order chi connectivity index (χ1) is 7.66. The molecule has 1 nitrogen and oxygen atoms in total. The van der Waals surface area contributed by atoms with Crippen LogP contribution in [0.3, 0.4) is 0 Å². The van der Waals surface area contributed by atoms with Crippen LogP contribution >= 0.6 is 39.0 Å². The van der Waals surface area contributed by atoms with E-state index < -0.39 is 0 Å². The van der Waals surface area contributed by atoms with E-state index in [9.17, 15) is 4.39 Å². The zero-order valence-corrected chi connectivity index (χ0v) is 11.5. The monoisotopic (exact) mass is 317 g/mol. The first kappa shape index (κ1) is 12.0.